The molecule has 4 rings (SSSR count). The predicted molar refractivity (Wildman–Crippen MR) is 123 cm³/mol. The summed E-state index contributed by atoms with van der Waals surface area (Å²) in [7, 11) is 3.04. The van der Waals surface area contributed by atoms with E-state index in [-0.39, 0.29) is 10.6 Å². The first-order valence-corrected chi connectivity index (χ1v) is 10.1. The second-order valence-electron chi connectivity index (χ2n) is 6.99. The number of nitrogens with zero attached hydrogens (tertiary/aromatic N) is 3. The van der Waals surface area contributed by atoms with Crippen LogP contribution in [0.2, 0.25) is 5.02 Å². The van der Waals surface area contributed by atoms with E-state index in [2.05, 4.69) is 25.6 Å². The Kier molecular flexibility index (Phi) is 6.50. The van der Waals surface area contributed by atoms with E-state index >= 15 is 0 Å². The zero-order chi connectivity index (χ0) is 23.5. The summed E-state index contributed by atoms with van der Waals surface area (Å²) < 4.78 is 23.9. The molecule has 2 aromatic heterocycles. The topological polar surface area (TPSA) is 118 Å². The van der Waals surface area contributed by atoms with Gasteiger partial charge in [0.25, 0.3) is 0 Å². The second kappa shape index (κ2) is 9.49. The Morgan fingerprint density at radius 2 is 1.94 bits per heavy atom. The Morgan fingerprint density at radius 3 is 2.64 bits per heavy atom. The number of carboxylic acids is 1. The van der Waals surface area contributed by atoms with Gasteiger partial charge in [-0.3, -0.25) is 0 Å². The minimum atomic E-state index is -1.07. The van der Waals surface area contributed by atoms with E-state index in [0.29, 0.717) is 45.8 Å². The molecule has 33 heavy (non-hydrogen) atoms. The summed E-state index contributed by atoms with van der Waals surface area (Å²) in [4.78, 5) is 24.9. The average molecular weight is 472 g/mol. The Hall–Kier alpha value is -3.60. The van der Waals surface area contributed by atoms with Gasteiger partial charge >= 0.3 is 5.97 Å². The fraction of sp³-hybridized carbons (Fsp3) is 0.182. The van der Waals surface area contributed by atoms with Gasteiger partial charge in [-0.25, -0.2) is 24.1 Å². The lowest BCUT2D eigenvalue weighted by molar-refractivity contribution is -0.0914. The van der Waals surface area contributed by atoms with E-state index in [1.807, 2.05) is 0 Å². The number of carbonyl (C=O) groups is 1. The summed E-state index contributed by atoms with van der Waals surface area (Å²) in [5.41, 5.74) is 1.47. The third-order valence-electron chi connectivity index (χ3n) is 4.92. The average Bonchev–Trinajstić information content (AvgIpc) is 2.81. The fourth-order valence-electron chi connectivity index (χ4n) is 3.24. The SMILES string of the molecule is COC(CNc1ncc2c(n1)c(Nc1ccc(F)c(Cl)c1)nc1cc(C(=O)O)ccc12)OC. The first-order valence-electron chi connectivity index (χ1n) is 9.75. The van der Waals surface area contributed by atoms with Crippen molar-refractivity contribution in [3.05, 3.63) is 59.0 Å². The number of pyridine rings is 1. The van der Waals surface area contributed by atoms with Gasteiger partial charge in [-0.15, -0.1) is 0 Å². The summed E-state index contributed by atoms with van der Waals surface area (Å²) in [6.07, 6.45) is 1.12. The smallest absolute Gasteiger partial charge is 0.335 e. The first kappa shape index (κ1) is 22.6. The van der Waals surface area contributed by atoms with Crippen LogP contribution in [0.5, 0.6) is 0 Å². The number of fused-ring (bicyclic) bond motifs is 3. The second-order valence-corrected chi connectivity index (χ2v) is 7.40. The number of hydrogen-bond donors (Lipinski definition) is 3. The van der Waals surface area contributed by atoms with Gasteiger partial charge in [-0.1, -0.05) is 17.7 Å². The third-order valence-corrected chi connectivity index (χ3v) is 5.20. The molecule has 0 aliphatic heterocycles. The highest BCUT2D eigenvalue weighted by Gasteiger charge is 2.15. The van der Waals surface area contributed by atoms with Crippen LogP contribution in [0.15, 0.2) is 42.6 Å². The lowest BCUT2D eigenvalue weighted by Gasteiger charge is -2.15. The number of carboxylic acid groups (broad SMARTS) is 1. The van der Waals surface area contributed by atoms with Crippen LogP contribution in [0.4, 0.5) is 21.8 Å². The lowest BCUT2D eigenvalue weighted by atomic mass is 10.1. The number of benzene rings is 2. The molecule has 170 valence electrons. The zero-order valence-electron chi connectivity index (χ0n) is 17.6. The number of ether oxygens (including phenoxy) is 2. The van der Waals surface area contributed by atoms with E-state index in [9.17, 15) is 14.3 Å². The normalized spacial score (nSPS) is 11.3. The summed E-state index contributed by atoms with van der Waals surface area (Å²) in [6, 6.07) is 8.78. The highest BCUT2D eigenvalue weighted by atomic mass is 35.5. The molecule has 9 nitrogen and oxygen atoms in total. The maximum Gasteiger partial charge on any atom is 0.335 e. The van der Waals surface area contributed by atoms with Crippen LogP contribution in [-0.4, -0.2) is 53.1 Å². The third kappa shape index (κ3) is 4.77. The number of methoxy groups -OCH3 is 2. The van der Waals surface area contributed by atoms with Gasteiger partial charge in [0.15, 0.2) is 12.1 Å². The number of rotatable bonds is 8. The number of nitrogens with one attached hydrogen (secondary N) is 2. The van der Waals surface area contributed by atoms with Crippen molar-refractivity contribution in [1.82, 2.24) is 15.0 Å². The Bertz CT molecular complexity index is 1350. The number of aromatic nitrogens is 3. The summed E-state index contributed by atoms with van der Waals surface area (Å²) in [5.74, 6) is -0.988. The highest BCUT2D eigenvalue weighted by molar-refractivity contribution is 6.31. The van der Waals surface area contributed by atoms with Gasteiger partial charge in [-0.05, 0) is 30.3 Å². The van der Waals surface area contributed by atoms with Crippen LogP contribution in [0.25, 0.3) is 21.8 Å². The van der Waals surface area contributed by atoms with Crippen molar-refractivity contribution in [2.45, 2.75) is 6.29 Å². The van der Waals surface area contributed by atoms with Crippen LogP contribution in [-0.2, 0) is 9.47 Å². The van der Waals surface area contributed by atoms with Gasteiger partial charge in [-0.2, -0.15) is 0 Å². The van der Waals surface area contributed by atoms with Crippen molar-refractivity contribution < 1.29 is 23.8 Å². The summed E-state index contributed by atoms with van der Waals surface area (Å²) in [5, 5.41) is 16.8. The molecule has 11 heteroatoms. The Labute approximate surface area is 192 Å². The molecule has 0 bridgehead atoms. The largest absolute Gasteiger partial charge is 0.478 e. The number of hydrogen-bond acceptors (Lipinski definition) is 8. The van der Waals surface area contributed by atoms with Crippen LogP contribution in [0, 0.1) is 5.82 Å². The molecular weight excluding hydrogens is 453 g/mol. The zero-order valence-corrected chi connectivity index (χ0v) is 18.4. The summed E-state index contributed by atoms with van der Waals surface area (Å²) in [6.45, 7) is 0.303. The molecule has 0 spiro atoms. The molecule has 0 aliphatic carbocycles. The molecule has 0 saturated carbocycles. The predicted octanol–water partition coefficient (Wildman–Crippen LogP) is 4.44. The quantitative estimate of drug-likeness (QED) is 0.253. The molecule has 2 aromatic carbocycles. The minimum absolute atomic E-state index is 0.0552. The first-order chi connectivity index (χ1) is 15.9. The molecule has 0 aliphatic rings. The molecule has 0 amide bonds. The number of anilines is 3. The fourth-order valence-corrected chi connectivity index (χ4v) is 3.42. The molecule has 0 atom stereocenters. The van der Waals surface area contributed by atoms with Gasteiger partial charge < -0.3 is 25.2 Å². The lowest BCUT2D eigenvalue weighted by Crippen LogP contribution is -2.24. The van der Waals surface area contributed by atoms with E-state index in [1.54, 1.807) is 12.3 Å². The summed E-state index contributed by atoms with van der Waals surface area (Å²) >= 11 is 5.91. The van der Waals surface area contributed by atoms with Gasteiger partial charge in [0.2, 0.25) is 5.95 Å². The molecule has 0 saturated heterocycles. The van der Waals surface area contributed by atoms with Crippen LogP contribution < -0.4 is 10.6 Å². The maximum absolute atomic E-state index is 13.6. The van der Waals surface area contributed by atoms with Crippen LogP contribution >= 0.6 is 11.6 Å². The van der Waals surface area contributed by atoms with E-state index < -0.39 is 18.1 Å². The monoisotopic (exact) mass is 471 g/mol. The van der Waals surface area contributed by atoms with E-state index in [0.717, 1.165) is 0 Å². The molecule has 2 heterocycles. The van der Waals surface area contributed by atoms with Gasteiger partial charge in [0, 0.05) is 36.9 Å². The van der Waals surface area contributed by atoms with Gasteiger partial charge in [0.05, 0.1) is 22.6 Å². The van der Waals surface area contributed by atoms with E-state index in [1.165, 1.54) is 44.6 Å². The molecule has 3 N–H and O–H groups in total. The van der Waals surface area contributed by atoms with Crippen molar-refractivity contribution in [1.29, 1.82) is 0 Å². The molecule has 0 fully saturated rings. The van der Waals surface area contributed by atoms with Crippen molar-refractivity contribution in [3.8, 4) is 0 Å². The van der Waals surface area contributed by atoms with Crippen molar-refractivity contribution in [2.24, 2.45) is 0 Å². The van der Waals surface area contributed by atoms with Crippen molar-refractivity contribution in [2.75, 3.05) is 31.4 Å². The van der Waals surface area contributed by atoms with Crippen molar-refractivity contribution >= 4 is 56.8 Å². The molecule has 4 aromatic rings. The van der Waals surface area contributed by atoms with Crippen molar-refractivity contribution in [3.63, 3.8) is 0 Å². The number of halogens is 2. The maximum atomic E-state index is 13.6. The van der Waals surface area contributed by atoms with E-state index in [4.69, 9.17) is 21.1 Å². The van der Waals surface area contributed by atoms with Crippen LogP contribution in [0.3, 0.4) is 0 Å². The van der Waals surface area contributed by atoms with Gasteiger partial charge in [0.1, 0.15) is 11.3 Å². The molecule has 0 radical (unpaired) electrons. The minimum Gasteiger partial charge on any atom is -0.478 e. The Balaban J connectivity index is 1.84. The standard InChI is InChI=1S/C22H19ClFN5O4/c1-32-18(33-2)10-26-22-25-9-14-13-5-3-11(21(30)31)7-17(13)28-20(19(14)29-22)27-12-4-6-16(24)15(23)8-12/h3-9,18H,10H2,1-2H3,(H,27,28)(H,30,31)(H,25,26,29). The molecule has 0 unspecified atom stereocenters. The van der Waals surface area contributed by atoms with Crippen LogP contribution in [0.1, 0.15) is 10.4 Å². The molecular formula is C22H19ClFN5O4. The number of aromatic carboxylic acids is 1. The highest BCUT2D eigenvalue weighted by Crippen LogP contribution is 2.31. The Morgan fingerprint density at radius 1 is 1.15 bits per heavy atom.